The molecule has 0 spiro atoms. The Labute approximate surface area is 132 Å². The lowest BCUT2D eigenvalue weighted by molar-refractivity contribution is -0.160. The molecule has 0 aromatic heterocycles. The Kier molecular flexibility index (Phi) is 7.06. The third-order valence-electron chi connectivity index (χ3n) is 2.73. The van der Waals surface area contributed by atoms with Crippen LogP contribution in [0, 0.1) is 5.92 Å². The number of alkyl halides is 3. The summed E-state index contributed by atoms with van der Waals surface area (Å²) < 4.78 is 42.7. The number of amides is 1. The SMILES string of the molecule is COc1ccc(SCC(=O)N(CC(C)C)CC(F)(F)F)cc1. The zero-order valence-electron chi connectivity index (χ0n) is 12.8. The number of thioether (sulfide) groups is 1. The quantitative estimate of drug-likeness (QED) is 0.709. The van der Waals surface area contributed by atoms with Gasteiger partial charge in [0.2, 0.25) is 5.91 Å². The van der Waals surface area contributed by atoms with Gasteiger partial charge in [0.25, 0.3) is 0 Å². The smallest absolute Gasteiger partial charge is 0.406 e. The lowest BCUT2D eigenvalue weighted by atomic mass is 10.2. The summed E-state index contributed by atoms with van der Waals surface area (Å²) in [7, 11) is 1.55. The molecular formula is C15H20F3NO2S. The highest BCUT2D eigenvalue weighted by Crippen LogP contribution is 2.23. The fourth-order valence-corrected chi connectivity index (χ4v) is 2.62. The lowest BCUT2D eigenvalue weighted by Crippen LogP contribution is -2.42. The monoisotopic (exact) mass is 335 g/mol. The molecular weight excluding hydrogens is 315 g/mol. The number of ether oxygens (including phenoxy) is 1. The van der Waals surface area contributed by atoms with Gasteiger partial charge in [0.05, 0.1) is 12.9 Å². The molecule has 0 N–H and O–H groups in total. The van der Waals surface area contributed by atoms with Crippen LogP contribution in [0.2, 0.25) is 0 Å². The standard InChI is InChI=1S/C15H20F3NO2S/c1-11(2)8-19(10-15(16,17)18)14(20)9-22-13-6-4-12(21-3)5-7-13/h4-7,11H,8-10H2,1-3H3. The van der Waals surface area contributed by atoms with Crippen molar-refractivity contribution in [2.45, 2.75) is 24.9 Å². The first-order valence-electron chi connectivity index (χ1n) is 6.82. The van der Waals surface area contributed by atoms with Gasteiger partial charge in [-0.3, -0.25) is 4.79 Å². The lowest BCUT2D eigenvalue weighted by Gasteiger charge is -2.25. The van der Waals surface area contributed by atoms with E-state index in [9.17, 15) is 18.0 Å². The van der Waals surface area contributed by atoms with Gasteiger partial charge >= 0.3 is 6.18 Å². The average Bonchev–Trinajstić information content (AvgIpc) is 2.42. The van der Waals surface area contributed by atoms with Crippen molar-refractivity contribution in [3.05, 3.63) is 24.3 Å². The third kappa shape index (κ3) is 7.06. The van der Waals surface area contributed by atoms with Gasteiger partial charge in [-0.1, -0.05) is 13.8 Å². The Morgan fingerprint density at radius 3 is 2.32 bits per heavy atom. The maximum absolute atomic E-state index is 12.5. The van der Waals surface area contributed by atoms with Crippen molar-refractivity contribution in [1.82, 2.24) is 4.90 Å². The summed E-state index contributed by atoms with van der Waals surface area (Å²) in [4.78, 5) is 13.7. The molecule has 7 heteroatoms. The molecule has 1 rings (SSSR count). The molecule has 0 aliphatic heterocycles. The number of benzene rings is 1. The molecule has 1 amide bonds. The minimum absolute atomic E-state index is 0.0164. The zero-order valence-corrected chi connectivity index (χ0v) is 13.6. The van der Waals surface area contributed by atoms with Crippen LogP contribution >= 0.6 is 11.8 Å². The van der Waals surface area contributed by atoms with E-state index >= 15 is 0 Å². The first kappa shape index (κ1) is 18.7. The van der Waals surface area contributed by atoms with Gasteiger partial charge in [0.1, 0.15) is 12.3 Å². The van der Waals surface area contributed by atoms with Crippen LogP contribution in [-0.2, 0) is 4.79 Å². The van der Waals surface area contributed by atoms with Crippen molar-refractivity contribution >= 4 is 17.7 Å². The van der Waals surface area contributed by atoms with E-state index in [1.165, 1.54) is 11.8 Å². The van der Waals surface area contributed by atoms with Crippen LogP contribution in [0.15, 0.2) is 29.2 Å². The first-order valence-corrected chi connectivity index (χ1v) is 7.81. The van der Waals surface area contributed by atoms with Gasteiger partial charge in [0, 0.05) is 11.4 Å². The van der Waals surface area contributed by atoms with Crippen LogP contribution < -0.4 is 4.74 Å². The Bertz CT molecular complexity index is 475. The Morgan fingerprint density at radius 1 is 1.27 bits per heavy atom. The molecule has 0 aliphatic rings. The van der Waals surface area contributed by atoms with Crippen molar-refractivity contribution < 1.29 is 22.7 Å². The van der Waals surface area contributed by atoms with Gasteiger partial charge < -0.3 is 9.64 Å². The maximum atomic E-state index is 12.5. The van der Waals surface area contributed by atoms with Crippen LogP contribution in [0.25, 0.3) is 0 Å². The number of hydrogen-bond acceptors (Lipinski definition) is 3. The largest absolute Gasteiger partial charge is 0.497 e. The zero-order chi connectivity index (χ0) is 16.8. The highest BCUT2D eigenvalue weighted by atomic mass is 32.2. The number of hydrogen-bond donors (Lipinski definition) is 0. The van der Waals surface area contributed by atoms with E-state index in [1.54, 1.807) is 45.2 Å². The van der Waals surface area contributed by atoms with Gasteiger partial charge in [0.15, 0.2) is 0 Å². The van der Waals surface area contributed by atoms with Crippen molar-refractivity contribution in [2.24, 2.45) is 5.92 Å². The summed E-state index contributed by atoms with van der Waals surface area (Å²) in [5.41, 5.74) is 0. The van der Waals surface area contributed by atoms with Gasteiger partial charge in [-0.05, 0) is 30.2 Å². The van der Waals surface area contributed by atoms with Gasteiger partial charge in [-0.2, -0.15) is 13.2 Å². The summed E-state index contributed by atoms with van der Waals surface area (Å²) >= 11 is 1.22. The fourth-order valence-electron chi connectivity index (χ4n) is 1.82. The second-order valence-electron chi connectivity index (χ2n) is 5.25. The molecule has 3 nitrogen and oxygen atoms in total. The summed E-state index contributed by atoms with van der Waals surface area (Å²) in [5.74, 6) is 0.146. The molecule has 0 saturated heterocycles. The summed E-state index contributed by atoms with van der Waals surface area (Å²) in [6.45, 7) is 2.47. The summed E-state index contributed by atoms with van der Waals surface area (Å²) in [6, 6.07) is 7.03. The molecule has 1 aromatic carbocycles. The van der Waals surface area contributed by atoms with Crippen molar-refractivity contribution in [3.63, 3.8) is 0 Å². The van der Waals surface area contributed by atoms with Crippen LogP contribution in [0.1, 0.15) is 13.8 Å². The van der Waals surface area contributed by atoms with Crippen LogP contribution in [0.5, 0.6) is 5.75 Å². The normalized spacial score (nSPS) is 11.6. The van der Waals surface area contributed by atoms with E-state index in [0.717, 1.165) is 9.80 Å². The molecule has 0 aliphatic carbocycles. The second-order valence-corrected chi connectivity index (χ2v) is 6.30. The molecule has 0 heterocycles. The Balaban J connectivity index is 2.61. The van der Waals surface area contributed by atoms with E-state index in [-0.39, 0.29) is 18.2 Å². The molecule has 0 bridgehead atoms. The topological polar surface area (TPSA) is 29.5 Å². The number of carbonyl (C=O) groups excluding carboxylic acids is 1. The third-order valence-corrected chi connectivity index (χ3v) is 3.73. The van der Waals surface area contributed by atoms with Crippen LogP contribution in [0.3, 0.4) is 0 Å². The molecule has 0 saturated carbocycles. The number of rotatable bonds is 7. The van der Waals surface area contributed by atoms with Crippen molar-refractivity contribution in [3.8, 4) is 5.75 Å². The second kappa shape index (κ2) is 8.31. The minimum Gasteiger partial charge on any atom is -0.497 e. The van der Waals surface area contributed by atoms with E-state index < -0.39 is 18.6 Å². The van der Waals surface area contributed by atoms with Crippen molar-refractivity contribution in [1.29, 1.82) is 0 Å². The highest BCUT2D eigenvalue weighted by molar-refractivity contribution is 8.00. The van der Waals surface area contributed by atoms with Gasteiger partial charge in [-0.25, -0.2) is 0 Å². The molecule has 22 heavy (non-hydrogen) atoms. The minimum atomic E-state index is -4.38. The Hall–Kier alpha value is -1.37. The van der Waals surface area contributed by atoms with E-state index in [2.05, 4.69) is 0 Å². The van der Waals surface area contributed by atoms with E-state index in [0.29, 0.717) is 5.75 Å². The number of methoxy groups -OCH3 is 1. The van der Waals surface area contributed by atoms with Crippen molar-refractivity contribution in [2.75, 3.05) is 26.0 Å². The van der Waals surface area contributed by atoms with Crippen LogP contribution in [0.4, 0.5) is 13.2 Å². The van der Waals surface area contributed by atoms with Crippen LogP contribution in [-0.4, -0.2) is 42.9 Å². The average molecular weight is 335 g/mol. The summed E-state index contributed by atoms with van der Waals surface area (Å²) in [6.07, 6.45) is -4.38. The van der Waals surface area contributed by atoms with E-state index in [1.807, 2.05) is 0 Å². The Morgan fingerprint density at radius 2 is 1.86 bits per heavy atom. The highest BCUT2D eigenvalue weighted by Gasteiger charge is 2.33. The molecule has 0 fully saturated rings. The molecule has 124 valence electrons. The number of carbonyl (C=O) groups is 1. The molecule has 0 atom stereocenters. The maximum Gasteiger partial charge on any atom is 0.406 e. The molecule has 0 unspecified atom stereocenters. The first-order chi connectivity index (χ1) is 10.2. The predicted molar refractivity (Wildman–Crippen MR) is 81.2 cm³/mol. The fraction of sp³-hybridized carbons (Fsp3) is 0.533. The molecule has 1 aromatic rings. The van der Waals surface area contributed by atoms with E-state index in [4.69, 9.17) is 4.74 Å². The number of halogens is 3. The molecule has 0 radical (unpaired) electrons. The summed E-state index contributed by atoms with van der Waals surface area (Å²) in [5, 5.41) is 0. The number of nitrogens with zero attached hydrogens (tertiary/aromatic N) is 1. The predicted octanol–water partition coefficient (Wildman–Crippen LogP) is 3.83. The van der Waals surface area contributed by atoms with Gasteiger partial charge in [-0.15, -0.1) is 11.8 Å².